The molecule has 0 saturated carbocycles. The van der Waals surface area contributed by atoms with E-state index >= 15 is 0 Å². The number of piperazine rings is 1. The molecule has 2 saturated heterocycles. The van der Waals surface area contributed by atoms with Gasteiger partial charge >= 0.3 is 0 Å². The number of carbonyl (C=O) groups is 2. The zero-order chi connectivity index (χ0) is 48.7. The van der Waals surface area contributed by atoms with Crippen LogP contribution >= 0.6 is 0 Å². The maximum absolute atomic E-state index is 13.0. The highest BCUT2D eigenvalue weighted by Gasteiger charge is 2.37. The van der Waals surface area contributed by atoms with Gasteiger partial charge in [0.2, 0.25) is 11.8 Å². The van der Waals surface area contributed by atoms with Gasteiger partial charge in [-0.25, -0.2) is 0 Å². The van der Waals surface area contributed by atoms with Gasteiger partial charge in [0.25, 0.3) is 0 Å². The molecule has 2 unspecified atom stereocenters. The zero-order valence-electron chi connectivity index (χ0n) is 40.9. The normalized spacial score (nSPS) is 16.3. The Hall–Kier alpha value is -5.50. The summed E-state index contributed by atoms with van der Waals surface area (Å²) >= 11 is 0. The van der Waals surface area contributed by atoms with Gasteiger partial charge in [-0.2, -0.15) is 5.26 Å². The molecule has 1 aromatic heterocycles. The molecular weight excluding hydrogens is 863 g/mol. The van der Waals surface area contributed by atoms with Gasteiger partial charge in [0.05, 0.1) is 49.8 Å². The maximum atomic E-state index is 13.0. The molecule has 2 amide bonds. The number of nitrogens with one attached hydrogen (secondary N) is 2. The highest BCUT2D eigenvalue weighted by atomic mass is 16.5. The van der Waals surface area contributed by atoms with Crippen LogP contribution < -0.4 is 24.8 Å². The van der Waals surface area contributed by atoms with E-state index in [1.54, 1.807) is 36.4 Å². The van der Waals surface area contributed by atoms with Gasteiger partial charge in [0.1, 0.15) is 23.6 Å². The number of fused-ring (bicyclic) bond motifs is 1. The molecule has 2 atom stereocenters. The van der Waals surface area contributed by atoms with Gasteiger partial charge in [-0.05, 0) is 99.4 Å². The number of ether oxygens (including phenoxy) is 5. The molecule has 68 heavy (non-hydrogen) atoms. The molecule has 2 fully saturated rings. The van der Waals surface area contributed by atoms with Gasteiger partial charge < -0.3 is 54.1 Å². The minimum Gasteiger partial charge on any atom is -0.493 e. The Balaban J connectivity index is 0.882. The lowest BCUT2D eigenvalue weighted by Crippen LogP contribution is -2.54. The second-order valence-corrected chi connectivity index (χ2v) is 18.5. The molecule has 15 heteroatoms. The predicted octanol–water partition coefficient (Wildman–Crippen LogP) is 7.77. The summed E-state index contributed by atoms with van der Waals surface area (Å²) in [7, 11) is 1.61. The number of aromatic nitrogens is 1. The van der Waals surface area contributed by atoms with Crippen LogP contribution in [0, 0.1) is 16.7 Å². The third-order valence-electron chi connectivity index (χ3n) is 12.2. The number of β-amino-alcohol motifs (C(OH)–C–C–N with tert-alkyl or cyclic N) is 1. The largest absolute Gasteiger partial charge is 0.493 e. The Morgan fingerprint density at radius 3 is 2.18 bits per heavy atom. The van der Waals surface area contributed by atoms with Crippen molar-refractivity contribution in [2.75, 3.05) is 97.8 Å². The number of hydrogen-bond donors (Lipinski definition) is 3. The number of benzene rings is 2. The van der Waals surface area contributed by atoms with E-state index in [2.05, 4.69) is 44.6 Å². The average Bonchev–Trinajstić information content (AvgIpc) is 3.78. The minimum absolute atomic E-state index is 0.112. The first-order valence-corrected chi connectivity index (χ1v) is 24.3. The van der Waals surface area contributed by atoms with Crippen molar-refractivity contribution in [3.63, 3.8) is 0 Å². The second-order valence-electron chi connectivity index (χ2n) is 18.5. The van der Waals surface area contributed by atoms with E-state index in [-0.39, 0.29) is 11.8 Å². The number of pyridine rings is 1. The van der Waals surface area contributed by atoms with Crippen molar-refractivity contribution in [1.82, 2.24) is 25.0 Å². The number of methoxy groups -OCH3 is 1. The van der Waals surface area contributed by atoms with Gasteiger partial charge in [-0.15, -0.1) is 0 Å². The number of nitriles is 1. The van der Waals surface area contributed by atoms with Gasteiger partial charge in [-0.3, -0.25) is 14.6 Å². The molecule has 5 rings (SSSR count). The summed E-state index contributed by atoms with van der Waals surface area (Å²) in [5, 5.41) is 26.9. The first-order chi connectivity index (χ1) is 32.9. The third-order valence-corrected chi connectivity index (χ3v) is 12.2. The molecule has 0 aliphatic carbocycles. The minimum atomic E-state index is -0.607. The molecule has 3 aromatic rings. The maximum Gasteiger partial charge on any atom is 0.245 e. The Bertz CT molecular complexity index is 2140. The zero-order valence-corrected chi connectivity index (χ0v) is 40.9. The summed E-state index contributed by atoms with van der Waals surface area (Å²) in [6, 6.07) is 12.8. The monoisotopic (exact) mass is 938 g/mol. The highest BCUT2D eigenvalue weighted by Crippen LogP contribution is 2.37. The van der Waals surface area contributed by atoms with E-state index in [0.29, 0.717) is 92.1 Å². The number of hydrogen-bond acceptors (Lipinski definition) is 13. The summed E-state index contributed by atoms with van der Waals surface area (Å²) in [5.41, 5.74) is 2.08. The summed E-state index contributed by atoms with van der Waals surface area (Å²) in [6.07, 6.45) is 13.7. The Labute approximate surface area is 404 Å². The molecule has 0 bridgehead atoms. The van der Waals surface area contributed by atoms with Crippen molar-refractivity contribution < 1.29 is 38.4 Å². The number of unbranched alkanes of at least 4 members (excludes halogenated alkanes) is 4. The van der Waals surface area contributed by atoms with Crippen LogP contribution in [0.2, 0.25) is 0 Å². The number of anilines is 2. The summed E-state index contributed by atoms with van der Waals surface area (Å²) in [5.74, 6) is 2.19. The summed E-state index contributed by atoms with van der Waals surface area (Å²) < 4.78 is 29.4. The van der Waals surface area contributed by atoms with Crippen LogP contribution in [-0.4, -0.2) is 141 Å². The van der Waals surface area contributed by atoms with Crippen molar-refractivity contribution in [3.8, 4) is 23.3 Å². The lowest BCUT2D eigenvalue weighted by atomic mass is 9.85. The van der Waals surface area contributed by atoms with Crippen molar-refractivity contribution in [2.24, 2.45) is 5.41 Å². The number of aliphatic hydroxyl groups excluding tert-OH is 1. The van der Waals surface area contributed by atoms with E-state index in [1.807, 2.05) is 57.2 Å². The van der Waals surface area contributed by atoms with E-state index in [1.165, 1.54) is 0 Å². The van der Waals surface area contributed by atoms with E-state index in [9.17, 15) is 20.0 Å². The van der Waals surface area contributed by atoms with Crippen LogP contribution in [0.15, 0.2) is 79.7 Å². The van der Waals surface area contributed by atoms with E-state index in [4.69, 9.17) is 23.7 Å². The van der Waals surface area contributed by atoms with Gasteiger partial charge in [0, 0.05) is 88.8 Å². The topological polar surface area (TPSA) is 171 Å². The van der Waals surface area contributed by atoms with Crippen LogP contribution in [0.5, 0.6) is 17.2 Å². The van der Waals surface area contributed by atoms with Crippen LogP contribution in [0.1, 0.15) is 84.1 Å². The summed E-state index contributed by atoms with van der Waals surface area (Å²) in [4.78, 5) is 37.0. The first kappa shape index (κ1) is 53.5. The number of nitrogens with zero attached hydrogens (tertiary/aromatic N) is 5. The number of carbonyl (C=O) groups excluding carboxylic acids is 2. The van der Waals surface area contributed by atoms with Crippen molar-refractivity contribution in [2.45, 2.75) is 90.7 Å². The molecule has 2 aromatic carbocycles. The highest BCUT2D eigenvalue weighted by molar-refractivity contribution is 5.97. The van der Waals surface area contributed by atoms with Crippen LogP contribution in [0.25, 0.3) is 10.9 Å². The number of aliphatic hydroxyl groups is 1. The molecular formula is C53H75N7O8. The lowest BCUT2D eigenvalue weighted by Gasteiger charge is -2.34. The smallest absolute Gasteiger partial charge is 0.245 e. The average molecular weight is 938 g/mol. The van der Waals surface area contributed by atoms with Crippen LogP contribution in [0.3, 0.4) is 0 Å². The molecule has 0 radical (unpaired) electrons. The number of amides is 2. The van der Waals surface area contributed by atoms with Crippen molar-refractivity contribution in [1.29, 1.82) is 5.26 Å². The Kier molecular flexibility index (Phi) is 22.1. The van der Waals surface area contributed by atoms with Gasteiger partial charge in [-0.1, -0.05) is 46.4 Å². The second kappa shape index (κ2) is 28.1. The first-order valence-electron chi connectivity index (χ1n) is 24.3. The molecule has 370 valence electrons. The van der Waals surface area contributed by atoms with E-state index < -0.39 is 17.6 Å². The summed E-state index contributed by atoms with van der Waals surface area (Å²) in [6.45, 7) is 23.6. The SMILES string of the molecule is C=C/C=C(\C=C)Oc1ccc(Nc2c(C#N)cnc3cc(OCCCN4CCN(CCCCCOCCOCCCCCC(=O)NC(C(=O)N5CCC(O)C5)C(C)(C)C)CC4)c(OC)cc23)cc1. The lowest BCUT2D eigenvalue weighted by molar-refractivity contribution is -0.138. The number of rotatable bonds is 29. The fraction of sp³-hybridized carbons (Fsp3) is 0.547. The Morgan fingerprint density at radius 1 is 0.897 bits per heavy atom. The van der Waals surface area contributed by atoms with Gasteiger partial charge in [0.15, 0.2) is 11.5 Å². The number of allylic oxidation sites excluding steroid dienone is 3. The van der Waals surface area contributed by atoms with Crippen molar-refractivity contribution in [3.05, 3.63) is 85.3 Å². The quantitative estimate of drug-likeness (QED) is 0.0351. The van der Waals surface area contributed by atoms with Crippen molar-refractivity contribution >= 4 is 34.1 Å². The number of likely N-dealkylation sites (tertiary alicyclic amines) is 1. The van der Waals surface area contributed by atoms with Crippen LogP contribution in [0.4, 0.5) is 11.4 Å². The Morgan fingerprint density at radius 2 is 1.57 bits per heavy atom. The van der Waals surface area contributed by atoms with Crippen LogP contribution in [-0.2, 0) is 19.1 Å². The molecule has 2 aliphatic heterocycles. The molecule has 3 N–H and O–H groups in total. The standard InChI is InChI=1S/C53H75N7O8/c1-7-16-43(8-2)68-44-20-18-41(19-21-44)56-50-40(37-54)38-55-46-36-48(47(64-6)35-45(46)50)67-32-15-24-59-28-26-58(27-29-59)23-12-10-14-31-66-34-33-65-30-13-9-11-17-49(62)57-51(53(3,4)5)52(63)60-25-22-42(61)39-60/h7-8,16,18-21,35-36,38,42,51,61H,1-2,9-15,17,22-34,39H2,3-6H3,(H,55,56)(H,57,62)/b43-16+. The third kappa shape index (κ3) is 17.2. The molecule has 3 heterocycles. The fourth-order valence-electron chi connectivity index (χ4n) is 8.26. The fourth-order valence-corrected chi connectivity index (χ4v) is 8.26. The molecule has 2 aliphatic rings. The molecule has 0 spiro atoms. The molecule has 15 nitrogen and oxygen atoms in total. The predicted molar refractivity (Wildman–Crippen MR) is 267 cm³/mol. The van der Waals surface area contributed by atoms with E-state index in [0.717, 1.165) is 102 Å².